The number of aryl methyl sites for hydroxylation is 1. The molecule has 25 heavy (non-hydrogen) atoms. The van der Waals surface area contributed by atoms with E-state index in [-0.39, 0.29) is 11.7 Å². The minimum Gasteiger partial charge on any atom is -0.508 e. The molecule has 4 heteroatoms. The number of benzene rings is 2. The number of rotatable bonds is 2. The smallest absolute Gasteiger partial charge is 0.262 e. The van der Waals surface area contributed by atoms with Crippen LogP contribution in [0.25, 0.3) is 10.9 Å². The van der Waals surface area contributed by atoms with Crippen LogP contribution in [0.3, 0.4) is 0 Å². The number of nitrogens with zero attached hydrogens (tertiary/aromatic N) is 1. The summed E-state index contributed by atoms with van der Waals surface area (Å²) in [4.78, 5) is 12.8. The summed E-state index contributed by atoms with van der Waals surface area (Å²) in [7, 11) is 0. The summed E-state index contributed by atoms with van der Waals surface area (Å²) in [5, 5.41) is 11.0. The Bertz CT molecular complexity index is 861. The highest BCUT2D eigenvalue weighted by Gasteiger charge is 2.16. The molecule has 1 heterocycles. The van der Waals surface area contributed by atoms with E-state index in [0.717, 1.165) is 28.9 Å². The van der Waals surface area contributed by atoms with E-state index in [9.17, 15) is 9.90 Å². The summed E-state index contributed by atoms with van der Waals surface area (Å²) in [5.41, 5.74) is 2.29. The molecule has 3 nitrogen and oxygen atoms in total. The number of fused-ring (bicyclic) bond motifs is 1. The first kappa shape index (κ1) is 19.1. The maximum Gasteiger partial charge on any atom is 0.262 e. The first-order valence-corrected chi connectivity index (χ1v) is 8.84. The quantitative estimate of drug-likeness (QED) is 0.619. The highest BCUT2D eigenvalue weighted by Crippen LogP contribution is 2.25. The van der Waals surface area contributed by atoms with Gasteiger partial charge >= 0.3 is 0 Å². The zero-order valence-corrected chi connectivity index (χ0v) is 15.8. The lowest BCUT2D eigenvalue weighted by Crippen LogP contribution is -2.14. The van der Waals surface area contributed by atoms with Gasteiger partial charge in [-0.3, -0.25) is 9.36 Å². The molecule has 3 aromatic rings. The van der Waals surface area contributed by atoms with Gasteiger partial charge in [-0.2, -0.15) is 0 Å². The van der Waals surface area contributed by atoms with Crippen molar-refractivity contribution in [1.82, 2.24) is 4.57 Å². The van der Waals surface area contributed by atoms with Crippen LogP contribution >= 0.6 is 11.6 Å². The second kappa shape index (κ2) is 8.21. The first-order chi connectivity index (χ1) is 11.8. The molecule has 0 atom stereocenters. The number of aromatic nitrogens is 1. The molecule has 0 aliphatic carbocycles. The second-order valence-electron chi connectivity index (χ2n) is 6.61. The fraction of sp³-hybridized carbons (Fsp3) is 0.286. The van der Waals surface area contributed by atoms with Crippen molar-refractivity contribution in [3.8, 4) is 5.75 Å². The number of carbonyl (C=O) groups is 1. The van der Waals surface area contributed by atoms with Gasteiger partial charge in [0, 0.05) is 21.7 Å². The number of hydrogen-bond donors (Lipinski definition) is 1. The zero-order valence-electron chi connectivity index (χ0n) is 15.1. The molecule has 0 fully saturated rings. The zero-order chi connectivity index (χ0) is 18.6. The van der Waals surface area contributed by atoms with Gasteiger partial charge in [-0.05, 0) is 60.9 Å². The van der Waals surface area contributed by atoms with Gasteiger partial charge in [0.15, 0.2) is 0 Å². The maximum atomic E-state index is 12.8. The maximum absolute atomic E-state index is 12.8. The van der Waals surface area contributed by atoms with Crippen LogP contribution in [0.1, 0.15) is 43.7 Å². The van der Waals surface area contributed by atoms with Gasteiger partial charge in [0.25, 0.3) is 5.91 Å². The minimum absolute atomic E-state index is 0.0933. The summed E-state index contributed by atoms with van der Waals surface area (Å²) < 4.78 is 1.69. The molecular formula is C21H24ClNO2. The lowest BCUT2D eigenvalue weighted by Gasteiger charge is -2.08. The second-order valence-corrected chi connectivity index (χ2v) is 7.05. The van der Waals surface area contributed by atoms with Crippen LogP contribution in [0, 0.1) is 5.92 Å². The Labute approximate surface area is 153 Å². The molecule has 0 saturated heterocycles. The Hall–Kier alpha value is -2.26. The summed E-state index contributed by atoms with van der Waals surface area (Å²) in [5.74, 6) is 0.936. The third kappa shape index (κ3) is 4.64. The number of phenolic OH excluding ortho intramolecular Hbond substituents is 1. The predicted octanol–water partition coefficient (Wildman–Crippen LogP) is 5.91. The van der Waals surface area contributed by atoms with Crippen molar-refractivity contribution in [1.29, 1.82) is 0 Å². The van der Waals surface area contributed by atoms with Crippen molar-refractivity contribution in [2.75, 3.05) is 0 Å². The van der Waals surface area contributed by atoms with E-state index in [0.29, 0.717) is 10.6 Å². The largest absolute Gasteiger partial charge is 0.508 e. The molecule has 0 spiro atoms. The van der Waals surface area contributed by atoms with Crippen LogP contribution in [0.15, 0.2) is 48.5 Å². The third-order valence-corrected chi connectivity index (χ3v) is 3.77. The number of aromatic hydroxyl groups is 1. The minimum atomic E-state index is -0.0933. The lowest BCUT2D eigenvalue weighted by molar-refractivity contribution is 0.0962. The summed E-state index contributed by atoms with van der Waals surface area (Å²) in [6.07, 6.45) is 0.731. The molecule has 0 bridgehead atoms. The van der Waals surface area contributed by atoms with Crippen molar-refractivity contribution in [3.05, 3.63) is 64.8 Å². The van der Waals surface area contributed by atoms with Crippen LogP contribution in [0.5, 0.6) is 5.75 Å². The van der Waals surface area contributed by atoms with Gasteiger partial charge < -0.3 is 5.11 Å². The SMILES string of the molecule is CC(C)C.CCc1cc2cc(O)ccc2n1C(=O)c1ccc(Cl)cc1. The van der Waals surface area contributed by atoms with E-state index >= 15 is 0 Å². The Kier molecular flexibility index (Phi) is 6.27. The highest BCUT2D eigenvalue weighted by molar-refractivity contribution is 6.30. The molecule has 0 radical (unpaired) electrons. The standard InChI is InChI=1S/C17H14ClNO2.C4H10/c1-2-14-9-12-10-15(20)7-8-16(12)19(14)17(21)11-3-5-13(18)6-4-11;1-4(2)3/h3-10,20H,2H2,1H3;4H,1-3H3. The van der Waals surface area contributed by atoms with Gasteiger partial charge in [0.1, 0.15) is 5.75 Å². The van der Waals surface area contributed by atoms with Gasteiger partial charge in [-0.25, -0.2) is 0 Å². The molecule has 0 saturated carbocycles. The van der Waals surface area contributed by atoms with Crippen molar-refractivity contribution in [3.63, 3.8) is 0 Å². The van der Waals surface area contributed by atoms with Gasteiger partial charge in [0.05, 0.1) is 5.52 Å². The number of phenols is 1. The number of halogens is 1. The van der Waals surface area contributed by atoms with E-state index in [4.69, 9.17) is 11.6 Å². The molecule has 0 aliphatic heterocycles. The van der Waals surface area contributed by atoms with Crippen LogP contribution in [0.2, 0.25) is 5.02 Å². The first-order valence-electron chi connectivity index (χ1n) is 8.47. The average Bonchev–Trinajstić information content (AvgIpc) is 2.91. The fourth-order valence-electron chi connectivity index (χ4n) is 2.48. The molecule has 2 aromatic carbocycles. The highest BCUT2D eigenvalue weighted by atomic mass is 35.5. The molecule has 1 aromatic heterocycles. The fourth-order valence-corrected chi connectivity index (χ4v) is 2.61. The Morgan fingerprint density at radius 2 is 1.68 bits per heavy atom. The third-order valence-electron chi connectivity index (χ3n) is 3.52. The van der Waals surface area contributed by atoms with Crippen molar-refractivity contribution in [2.24, 2.45) is 5.92 Å². The molecule has 0 unspecified atom stereocenters. The Balaban J connectivity index is 0.000000511. The monoisotopic (exact) mass is 357 g/mol. The van der Waals surface area contributed by atoms with E-state index in [2.05, 4.69) is 20.8 Å². The van der Waals surface area contributed by atoms with Crippen LogP contribution in [0.4, 0.5) is 0 Å². The summed E-state index contributed by atoms with van der Waals surface area (Å²) in [6.45, 7) is 8.50. The number of carbonyl (C=O) groups excluding carboxylic acids is 1. The van der Waals surface area contributed by atoms with Crippen molar-refractivity contribution in [2.45, 2.75) is 34.1 Å². The molecular weight excluding hydrogens is 334 g/mol. The van der Waals surface area contributed by atoms with Gasteiger partial charge in [-0.1, -0.05) is 39.3 Å². The topological polar surface area (TPSA) is 42.2 Å². The average molecular weight is 358 g/mol. The molecule has 1 N–H and O–H groups in total. The van der Waals surface area contributed by atoms with E-state index in [1.165, 1.54) is 0 Å². The molecule has 0 amide bonds. The van der Waals surface area contributed by atoms with Gasteiger partial charge in [-0.15, -0.1) is 0 Å². The Morgan fingerprint density at radius 1 is 1.08 bits per heavy atom. The predicted molar refractivity (Wildman–Crippen MR) is 105 cm³/mol. The normalized spacial score (nSPS) is 10.6. The van der Waals surface area contributed by atoms with E-state index < -0.39 is 0 Å². The Morgan fingerprint density at radius 3 is 2.24 bits per heavy atom. The number of hydrogen-bond acceptors (Lipinski definition) is 2. The van der Waals surface area contributed by atoms with Crippen molar-refractivity contribution < 1.29 is 9.90 Å². The van der Waals surface area contributed by atoms with E-state index in [1.807, 2.05) is 13.0 Å². The molecule has 3 rings (SSSR count). The van der Waals surface area contributed by atoms with Crippen LogP contribution < -0.4 is 0 Å². The van der Waals surface area contributed by atoms with Crippen LogP contribution in [-0.4, -0.2) is 15.6 Å². The molecule has 0 aliphatic rings. The van der Waals surface area contributed by atoms with Gasteiger partial charge in [0.2, 0.25) is 0 Å². The molecule has 132 valence electrons. The lowest BCUT2D eigenvalue weighted by atomic mass is 10.2. The van der Waals surface area contributed by atoms with Crippen LogP contribution in [-0.2, 0) is 6.42 Å². The summed E-state index contributed by atoms with van der Waals surface area (Å²) in [6, 6.07) is 13.8. The van der Waals surface area contributed by atoms with Crippen molar-refractivity contribution >= 4 is 28.4 Å². The summed E-state index contributed by atoms with van der Waals surface area (Å²) >= 11 is 5.87. The van der Waals surface area contributed by atoms with E-state index in [1.54, 1.807) is 47.0 Å².